The molecule has 2 heterocycles. The maximum Gasteiger partial charge on any atom is 0.223 e. The van der Waals surface area contributed by atoms with Crippen LogP contribution in [0.4, 0.5) is 0 Å². The highest BCUT2D eigenvalue weighted by Gasteiger charge is 2.25. The number of carbonyl (C=O) groups is 1. The molecule has 1 unspecified atom stereocenters. The summed E-state index contributed by atoms with van der Waals surface area (Å²) in [5, 5.41) is 3.11. The monoisotopic (exact) mass is 183 g/mol. The molecular formula is C8H9NO2S. The molecule has 1 amide bonds. The van der Waals surface area contributed by atoms with E-state index in [0.29, 0.717) is 11.8 Å². The Kier molecular flexibility index (Phi) is 2.08. The van der Waals surface area contributed by atoms with Crippen LogP contribution in [0.1, 0.15) is 12.0 Å². The highest BCUT2D eigenvalue weighted by atomic mass is 32.2. The van der Waals surface area contributed by atoms with Gasteiger partial charge in [0.2, 0.25) is 5.91 Å². The van der Waals surface area contributed by atoms with E-state index in [1.54, 1.807) is 24.3 Å². The zero-order valence-corrected chi connectivity index (χ0v) is 7.26. The first-order valence-electron chi connectivity index (χ1n) is 3.76. The number of rotatable bonds is 3. The molecular weight excluding hydrogens is 174 g/mol. The van der Waals surface area contributed by atoms with Gasteiger partial charge in [0, 0.05) is 11.3 Å². The fourth-order valence-corrected chi connectivity index (χ4v) is 2.04. The van der Waals surface area contributed by atoms with Crippen molar-refractivity contribution in [3.8, 4) is 0 Å². The first kappa shape index (κ1) is 7.73. The number of hydrogen-bond donors (Lipinski definition) is 1. The second-order valence-corrected chi connectivity index (χ2v) is 3.89. The quantitative estimate of drug-likeness (QED) is 0.719. The van der Waals surface area contributed by atoms with Crippen LogP contribution in [0.15, 0.2) is 23.0 Å². The maximum absolute atomic E-state index is 10.5. The van der Waals surface area contributed by atoms with Gasteiger partial charge in [0.25, 0.3) is 0 Å². The Hall–Kier alpha value is -0.900. The molecule has 0 saturated carbocycles. The zero-order chi connectivity index (χ0) is 8.39. The van der Waals surface area contributed by atoms with Crippen LogP contribution in [0.3, 0.4) is 0 Å². The van der Waals surface area contributed by atoms with E-state index in [2.05, 4.69) is 5.32 Å². The lowest BCUT2D eigenvalue weighted by Crippen LogP contribution is -2.46. The molecule has 12 heavy (non-hydrogen) atoms. The van der Waals surface area contributed by atoms with Crippen molar-refractivity contribution in [2.24, 2.45) is 0 Å². The highest BCUT2D eigenvalue weighted by molar-refractivity contribution is 7.99. The van der Waals surface area contributed by atoms with Crippen molar-refractivity contribution in [3.05, 3.63) is 24.2 Å². The summed E-state index contributed by atoms with van der Waals surface area (Å²) in [5.41, 5.74) is 1.17. The average Bonchev–Trinajstić information content (AvgIpc) is 2.47. The third-order valence-corrected chi connectivity index (χ3v) is 2.91. The van der Waals surface area contributed by atoms with Gasteiger partial charge in [0.1, 0.15) is 0 Å². The number of β-lactam (4-membered cyclic amide) rings is 1. The molecule has 3 nitrogen and oxygen atoms in total. The van der Waals surface area contributed by atoms with Crippen LogP contribution in [0, 0.1) is 0 Å². The van der Waals surface area contributed by atoms with Crippen molar-refractivity contribution >= 4 is 17.7 Å². The van der Waals surface area contributed by atoms with E-state index in [9.17, 15) is 4.79 Å². The smallest absolute Gasteiger partial charge is 0.223 e. The molecule has 1 aliphatic heterocycles. The Morgan fingerprint density at radius 3 is 3.17 bits per heavy atom. The Labute approximate surface area is 74.5 Å². The van der Waals surface area contributed by atoms with Crippen LogP contribution < -0.4 is 5.32 Å². The molecule has 1 atom stereocenters. The van der Waals surface area contributed by atoms with Gasteiger partial charge >= 0.3 is 0 Å². The lowest BCUT2D eigenvalue weighted by molar-refractivity contribution is -0.126. The average molecular weight is 183 g/mol. The van der Waals surface area contributed by atoms with E-state index < -0.39 is 0 Å². The van der Waals surface area contributed by atoms with Crippen LogP contribution >= 0.6 is 11.8 Å². The molecule has 1 aliphatic rings. The molecule has 1 saturated heterocycles. The van der Waals surface area contributed by atoms with Gasteiger partial charge in [-0.2, -0.15) is 0 Å². The molecule has 0 radical (unpaired) electrons. The number of carbonyl (C=O) groups excluding carboxylic acids is 1. The molecule has 1 aromatic rings. The van der Waals surface area contributed by atoms with Gasteiger partial charge in [0.15, 0.2) is 0 Å². The summed E-state index contributed by atoms with van der Waals surface area (Å²) >= 11 is 1.73. The van der Waals surface area contributed by atoms with Crippen LogP contribution in [0.5, 0.6) is 0 Å². The minimum Gasteiger partial charge on any atom is -0.472 e. The predicted molar refractivity (Wildman–Crippen MR) is 46.6 cm³/mol. The summed E-state index contributed by atoms with van der Waals surface area (Å²) < 4.78 is 4.92. The molecule has 0 aliphatic carbocycles. The van der Waals surface area contributed by atoms with Gasteiger partial charge in [-0.3, -0.25) is 4.79 Å². The van der Waals surface area contributed by atoms with Gasteiger partial charge in [-0.05, 0) is 6.07 Å². The number of hydrogen-bond acceptors (Lipinski definition) is 3. The second-order valence-electron chi connectivity index (χ2n) is 2.70. The minimum absolute atomic E-state index is 0.152. The SMILES string of the molecule is O=C1CC(SCc2ccoc2)N1. The van der Waals surface area contributed by atoms with Gasteiger partial charge < -0.3 is 9.73 Å². The minimum atomic E-state index is 0.152. The molecule has 0 spiro atoms. The van der Waals surface area contributed by atoms with Crippen molar-refractivity contribution in [2.45, 2.75) is 17.5 Å². The normalized spacial score (nSPS) is 21.7. The molecule has 4 heteroatoms. The predicted octanol–water partition coefficient (Wildman–Crippen LogP) is 1.36. The molecule has 1 N–H and O–H groups in total. The molecule has 64 valence electrons. The van der Waals surface area contributed by atoms with Crippen LogP contribution in [-0.2, 0) is 10.5 Å². The second kappa shape index (κ2) is 3.23. The molecule has 0 aromatic carbocycles. The highest BCUT2D eigenvalue weighted by Crippen LogP contribution is 2.23. The van der Waals surface area contributed by atoms with Crippen molar-refractivity contribution < 1.29 is 9.21 Å². The lowest BCUT2D eigenvalue weighted by Gasteiger charge is -2.25. The Balaban J connectivity index is 1.73. The Bertz CT molecular complexity index is 263. The van der Waals surface area contributed by atoms with Crippen molar-refractivity contribution in [2.75, 3.05) is 0 Å². The maximum atomic E-state index is 10.5. The summed E-state index contributed by atoms with van der Waals surface area (Å²) in [6.45, 7) is 0. The number of nitrogens with one attached hydrogen (secondary N) is 1. The Morgan fingerprint density at radius 2 is 2.58 bits per heavy atom. The number of thioether (sulfide) groups is 1. The van der Waals surface area contributed by atoms with Crippen LogP contribution in [0.2, 0.25) is 0 Å². The van der Waals surface area contributed by atoms with Crippen LogP contribution in [0.25, 0.3) is 0 Å². The van der Waals surface area contributed by atoms with Gasteiger partial charge in [0.05, 0.1) is 24.3 Å². The fourth-order valence-electron chi connectivity index (χ4n) is 0.999. The molecule has 1 aromatic heterocycles. The van der Waals surface area contributed by atoms with Gasteiger partial charge in [-0.25, -0.2) is 0 Å². The first-order chi connectivity index (χ1) is 5.84. The van der Waals surface area contributed by atoms with E-state index in [-0.39, 0.29) is 5.91 Å². The third-order valence-electron chi connectivity index (χ3n) is 1.72. The van der Waals surface area contributed by atoms with E-state index >= 15 is 0 Å². The summed E-state index contributed by atoms with van der Waals surface area (Å²) in [6.07, 6.45) is 4.05. The lowest BCUT2D eigenvalue weighted by atomic mass is 10.3. The number of furan rings is 1. The van der Waals surface area contributed by atoms with Crippen molar-refractivity contribution in [3.63, 3.8) is 0 Å². The topological polar surface area (TPSA) is 42.2 Å². The molecule has 1 fully saturated rings. The fraction of sp³-hybridized carbons (Fsp3) is 0.375. The summed E-state index contributed by atoms with van der Waals surface area (Å²) in [6, 6.07) is 1.94. The standard InChI is InChI=1S/C8H9NO2S/c10-7-3-8(9-7)12-5-6-1-2-11-4-6/h1-2,4,8H,3,5H2,(H,9,10). The summed E-state index contributed by atoms with van der Waals surface area (Å²) in [5.74, 6) is 1.06. The summed E-state index contributed by atoms with van der Waals surface area (Å²) in [4.78, 5) is 10.5. The van der Waals surface area contributed by atoms with E-state index in [0.717, 1.165) is 5.75 Å². The van der Waals surface area contributed by atoms with Gasteiger partial charge in [-0.1, -0.05) is 0 Å². The third kappa shape index (κ3) is 1.64. The van der Waals surface area contributed by atoms with Crippen LogP contribution in [-0.4, -0.2) is 11.3 Å². The van der Waals surface area contributed by atoms with Crippen molar-refractivity contribution in [1.82, 2.24) is 5.32 Å². The van der Waals surface area contributed by atoms with E-state index in [1.807, 2.05) is 6.07 Å². The van der Waals surface area contributed by atoms with E-state index in [4.69, 9.17) is 4.42 Å². The zero-order valence-electron chi connectivity index (χ0n) is 6.45. The molecule has 2 rings (SSSR count). The first-order valence-corrected chi connectivity index (χ1v) is 4.81. The van der Waals surface area contributed by atoms with Crippen molar-refractivity contribution in [1.29, 1.82) is 0 Å². The van der Waals surface area contributed by atoms with E-state index in [1.165, 1.54) is 5.56 Å². The molecule has 0 bridgehead atoms. The van der Waals surface area contributed by atoms with Gasteiger partial charge in [-0.15, -0.1) is 11.8 Å². The number of amides is 1. The largest absolute Gasteiger partial charge is 0.472 e. The summed E-state index contributed by atoms with van der Waals surface area (Å²) in [7, 11) is 0. The Morgan fingerprint density at radius 1 is 1.75 bits per heavy atom.